The molecule has 1 aliphatic carbocycles. The van der Waals surface area contributed by atoms with Crippen molar-refractivity contribution in [3.05, 3.63) is 35.4 Å². The molecule has 3 rings (SSSR count). The second-order valence-corrected chi connectivity index (χ2v) is 8.21. The van der Waals surface area contributed by atoms with Gasteiger partial charge in [-0.05, 0) is 42.2 Å². The average molecular weight is 279 g/mol. The minimum atomic E-state index is -2.84. The summed E-state index contributed by atoms with van der Waals surface area (Å²) in [5.41, 5.74) is 8.71. The molecule has 2 N–H and O–H groups in total. The molecule has 0 spiro atoms. The van der Waals surface area contributed by atoms with Gasteiger partial charge in [0, 0.05) is 6.04 Å². The summed E-state index contributed by atoms with van der Waals surface area (Å²) in [7, 11) is -2.84. The fourth-order valence-corrected chi connectivity index (χ4v) is 4.97. The summed E-state index contributed by atoms with van der Waals surface area (Å²) in [6, 6.07) is 8.37. The van der Waals surface area contributed by atoms with Crippen molar-refractivity contribution in [1.82, 2.24) is 0 Å². The molecule has 1 aliphatic heterocycles. The summed E-state index contributed by atoms with van der Waals surface area (Å²) in [6.07, 6.45) is 4.64. The third-order valence-corrected chi connectivity index (χ3v) is 6.47. The van der Waals surface area contributed by atoms with E-state index in [-0.39, 0.29) is 17.7 Å². The van der Waals surface area contributed by atoms with Gasteiger partial charge in [-0.15, -0.1) is 0 Å². The van der Waals surface area contributed by atoms with Crippen LogP contribution in [0.3, 0.4) is 0 Å². The van der Waals surface area contributed by atoms with E-state index in [1.165, 1.54) is 24.8 Å². The van der Waals surface area contributed by atoms with Crippen LogP contribution in [0.4, 0.5) is 0 Å². The van der Waals surface area contributed by atoms with Crippen LogP contribution in [0.1, 0.15) is 48.8 Å². The van der Waals surface area contributed by atoms with E-state index in [2.05, 4.69) is 24.3 Å². The predicted octanol–water partition coefficient (Wildman–Crippen LogP) is 2.39. The van der Waals surface area contributed by atoms with Crippen molar-refractivity contribution in [2.45, 2.75) is 37.6 Å². The van der Waals surface area contributed by atoms with Crippen LogP contribution in [-0.4, -0.2) is 19.9 Å². The topological polar surface area (TPSA) is 60.2 Å². The molecule has 0 aromatic heterocycles. The van der Waals surface area contributed by atoms with E-state index in [0.29, 0.717) is 12.2 Å². The third kappa shape index (κ3) is 2.70. The van der Waals surface area contributed by atoms with E-state index in [9.17, 15) is 8.42 Å². The quantitative estimate of drug-likeness (QED) is 0.924. The van der Waals surface area contributed by atoms with Gasteiger partial charge in [-0.2, -0.15) is 0 Å². The van der Waals surface area contributed by atoms with Crippen LogP contribution in [0.5, 0.6) is 0 Å². The second-order valence-electron chi connectivity index (χ2n) is 5.98. The summed E-state index contributed by atoms with van der Waals surface area (Å²) in [5.74, 6) is 1.36. The van der Waals surface area contributed by atoms with Crippen molar-refractivity contribution in [2.24, 2.45) is 11.7 Å². The van der Waals surface area contributed by atoms with Gasteiger partial charge in [0.15, 0.2) is 9.84 Å². The van der Waals surface area contributed by atoms with Crippen LogP contribution in [0.15, 0.2) is 24.3 Å². The molecule has 0 radical (unpaired) electrons. The van der Waals surface area contributed by atoms with Crippen LogP contribution >= 0.6 is 0 Å². The molecule has 1 saturated heterocycles. The Morgan fingerprint density at radius 2 is 1.79 bits per heavy atom. The number of sulfone groups is 1. The number of benzene rings is 1. The standard InChI is InChI=1S/C15H21NO2S/c16-15(14-8-9-19(17,18)10-14)13-6-4-12(5-7-13)11-2-1-3-11/h4-7,11,14-15H,1-3,8-10,16H2. The Hall–Kier alpha value is -0.870. The van der Waals surface area contributed by atoms with E-state index in [1.54, 1.807) is 0 Å². The van der Waals surface area contributed by atoms with Gasteiger partial charge in [-0.1, -0.05) is 30.7 Å². The first kappa shape index (κ1) is 13.1. The lowest BCUT2D eigenvalue weighted by atomic mass is 9.79. The van der Waals surface area contributed by atoms with Crippen molar-refractivity contribution in [1.29, 1.82) is 0 Å². The van der Waals surface area contributed by atoms with Crippen LogP contribution in [0, 0.1) is 5.92 Å². The zero-order chi connectivity index (χ0) is 13.5. The van der Waals surface area contributed by atoms with Crippen molar-refractivity contribution >= 4 is 9.84 Å². The maximum absolute atomic E-state index is 11.5. The molecule has 4 heteroatoms. The Balaban J connectivity index is 1.71. The van der Waals surface area contributed by atoms with E-state index < -0.39 is 9.84 Å². The molecule has 2 atom stereocenters. The van der Waals surface area contributed by atoms with Crippen LogP contribution in [-0.2, 0) is 9.84 Å². The second kappa shape index (κ2) is 4.91. The molecule has 2 aliphatic rings. The number of hydrogen-bond acceptors (Lipinski definition) is 3. The van der Waals surface area contributed by atoms with E-state index in [1.807, 2.05) is 0 Å². The van der Waals surface area contributed by atoms with E-state index in [4.69, 9.17) is 5.73 Å². The molecule has 1 aromatic carbocycles. The zero-order valence-electron chi connectivity index (χ0n) is 11.1. The van der Waals surface area contributed by atoms with E-state index in [0.717, 1.165) is 11.5 Å². The smallest absolute Gasteiger partial charge is 0.150 e. The molecule has 0 amide bonds. The lowest BCUT2D eigenvalue weighted by molar-refractivity contribution is 0.419. The van der Waals surface area contributed by atoms with Gasteiger partial charge in [-0.3, -0.25) is 0 Å². The number of nitrogens with two attached hydrogens (primary N) is 1. The highest BCUT2D eigenvalue weighted by atomic mass is 32.2. The summed E-state index contributed by atoms with van der Waals surface area (Å²) in [4.78, 5) is 0. The average Bonchev–Trinajstić information content (AvgIpc) is 2.68. The Kier molecular flexibility index (Phi) is 3.39. The minimum absolute atomic E-state index is 0.0829. The number of rotatable bonds is 3. The lowest BCUT2D eigenvalue weighted by Gasteiger charge is -2.26. The first-order valence-corrected chi connectivity index (χ1v) is 8.93. The van der Waals surface area contributed by atoms with Crippen molar-refractivity contribution in [3.63, 3.8) is 0 Å². The van der Waals surface area contributed by atoms with Gasteiger partial charge in [0.05, 0.1) is 11.5 Å². The molecule has 2 fully saturated rings. The monoisotopic (exact) mass is 279 g/mol. The maximum atomic E-state index is 11.5. The summed E-state index contributed by atoms with van der Waals surface area (Å²) in [6.45, 7) is 0. The molecular weight excluding hydrogens is 258 g/mol. The fourth-order valence-electron chi connectivity index (χ4n) is 3.11. The first-order valence-electron chi connectivity index (χ1n) is 7.11. The fraction of sp³-hybridized carbons (Fsp3) is 0.600. The lowest BCUT2D eigenvalue weighted by Crippen LogP contribution is -2.22. The summed E-state index contributed by atoms with van der Waals surface area (Å²) >= 11 is 0. The SMILES string of the molecule is NC(c1ccc(C2CCC2)cc1)C1CCS(=O)(=O)C1. The zero-order valence-corrected chi connectivity index (χ0v) is 11.9. The maximum Gasteiger partial charge on any atom is 0.150 e. The van der Waals surface area contributed by atoms with Crippen LogP contribution in [0.25, 0.3) is 0 Å². The highest BCUT2D eigenvalue weighted by Crippen LogP contribution is 2.37. The third-order valence-electron chi connectivity index (χ3n) is 4.67. The molecule has 1 aromatic rings. The Morgan fingerprint density at radius 3 is 2.26 bits per heavy atom. The van der Waals surface area contributed by atoms with Crippen LogP contribution in [0.2, 0.25) is 0 Å². The van der Waals surface area contributed by atoms with Gasteiger partial charge >= 0.3 is 0 Å². The van der Waals surface area contributed by atoms with Crippen molar-refractivity contribution < 1.29 is 8.42 Å². The van der Waals surface area contributed by atoms with Crippen molar-refractivity contribution in [2.75, 3.05) is 11.5 Å². The molecule has 1 heterocycles. The molecule has 2 unspecified atom stereocenters. The minimum Gasteiger partial charge on any atom is -0.324 e. The van der Waals surface area contributed by atoms with E-state index >= 15 is 0 Å². The molecular formula is C15H21NO2S. The largest absolute Gasteiger partial charge is 0.324 e. The Bertz CT molecular complexity index is 546. The van der Waals surface area contributed by atoms with Gasteiger partial charge in [-0.25, -0.2) is 8.42 Å². The summed E-state index contributed by atoms with van der Waals surface area (Å²) < 4.78 is 23.0. The van der Waals surface area contributed by atoms with Gasteiger partial charge in [0.1, 0.15) is 0 Å². The Morgan fingerprint density at radius 1 is 1.11 bits per heavy atom. The number of hydrogen-bond donors (Lipinski definition) is 1. The predicted molar refractivity (Wildman–Crippen MR) is 76.7 cm³/mol. The first-order chi connectivity index (χ1) is 9.05. The van der Waals surface area contributed by atoms with Gasteiger partial charge in [0.25, 0.3) is 0 Å². The van der Waals surface area contributed by atoms with Gasteiger partial charge in [0.2, 0.25) is 0 Å². The molecule has 104 valence electrons. The molecule has 3 nitrogen and oxygen atoms in total. The highest BCUT2D eigenvalue weighted by molar-refractivity contribution is 7.91. The molecule has 1 saturated carbocycles. The van der Waals surface area contributed by atoms with Crippen molar-refractivity contribution in [3.8, 4) is 0 Å². The highest BCUT2D eigenvalue weighted by Gasteiger charge is 2.32. The molecule has 19 heavy (non-hydrogen) atoms. The van der Waals surface area contributed by atoms with Crippen LogP contribution < -0.4 is 5.73 Å². The van der Waals surface area contributed by atoms with Gasteiger partial charge < -0.3 is 5.73 Å². The normalized spacial score (nSPS) is 27.9. The Labute approximate surface area is 115 Å². The summed E-state index contributed by atoms with van der Waals surface area (Å²) in [5, 5.41) is 0. The molecule has 0 bridgehead atoms.